The molecule has 0 radical (unpaired) electrons. The highest BCUT2D eigenvalue weighted by Crippen LogP contribution is 2.42. The van der Waals surface area contributed by atoms with E-state index in [0.29, 0.717) is 18.2 Å². The standard InChI is InChI=1S/C51H52ClNO5/c1-3-37-24-27-43(28-25-37)50(2,53)45-30-42(26-29-46(45)52)44-31-51(54,36-55-32-38-16-8-4-9-17-38)49(58-35-41-22-14-7-15-23-41)48(57-34-40-20-12-6-13-21-40)47(44)56-33-39-18-10-5-11-19-39/h4-31,47-49,54H,3,32-36,53H2,1-2H3. The van der Waals surface area contributed by atoms with Crippen LogP contribution in [0, 0.1) is 0 Å². The Hall–Kier alpha value is -4.89. The third-order valence-corrected chi connectivity index (χ3v) is 11.2. The maximum Gasteiger partial charge on any atom is 0.135 e. The van der Waals surface area contributed by atoms with Gasteiger partial charge in [-0.3, -0.25) is 0 Å². The molecule has 0 spiro atoms. The summed E-state index contributed by atoms with van der Waals surface area (Å²) in [6.45, 7) is 5.13. The highest BCUT2D eigenvalue weighted by molar-refractivity contribution is 6.31. The summed E-state index contributed by atoms with van der Waals surface area (Å²) in [7, 11) is 0. The number of benzene rings is 6. The van der Waals surface area contributed by atoms with Crippen LogP contribution < -0.4 is 5.73 Å². The molecule has 0 saturated carbocycles. The van der Waals surface area contributed by atoms with Crippen molar-refractivity contribution in [2.24, 2.45) is 5.73 Å². The van der Waals surface area contributed by atoms with Gasteiger partial charge in [0.25, 0.3) is 0 Å². The average molecular weight is 794 g/mol. The van der Waals surface area contributed by atoms with E-state index in [0.717, 1.165) is 50.9 Å². The number of nitrogens with two attached hydrogens (primary N) is 1. The Kier molecular flexibility index (Phi) is 13.7. The molecule has 7 heteroatoms. The Morgan fingerprint density at radius 2 is 1.12 bits per heavy atom. The third-order valence-electron chi connectivity index (χ3n) is 10.9. The lowest BCUT2D eigenvalue weighted by molar-refractivity contribution is -0.206. The predicted octanol–water partition coefficient (Wildman–Crippen LogP) is 10.2. The van der Waals surface area contributed by atoms with Crippen LogP contribution in [-0.2, 0) is 57.3 Å². The van der Waals surface area contributed by atoms with Crippen LogP contribution in [0.15, 0.2) is 170 Å². The Morgan fingerprint density at radius 3 is 1.66 bits per heavy atom. The maximum atomic E-state index is 13.1. The van der Waals surface area contributed by atoms with Gasteiger partial charge >= 0.3 is 0 Å². The van der Waals surface area contributed by atoms with Gasteiger partial charge < -0.3 is 29.8 Å². The Morgan fingerprint density at radius 1 is 0.621 bits per heavy atom. The molecule has 6 aromatic carbocycles. The molecular formula is C51H52ClNO5. The van der Waals surface area contributed by atoms with Crippen LogP contribution in [0.4, 0.5) is 0 Å². The number of aliphatic hydroxyl groups is 1. The molecule has 0 saturated heterocycles. The fourth-order valence-corrected chi connectivity index (χ4v) is 7.88. The second-order valence-corrected chi connectivity index (χ2v) is 15.6. The first kappa shape index (κ1) is 41.3. The number of halogens is 1. The zero-order valence-corrected chi connectivity index (χ0v) is 33.9. The van der Waals surface area contributed by atoms with E-state index in [2.05, 4.69) is 31.2 Å². The van der Waals surface area contributed by atoms with Crippen molar-refractivity contribution in [3.8, 4) is 0 Å². The first-order valence-corrected chi connectivity index (χ1v) is 20.3. The Labute approximate surface area is 347 Å². The van der Waals surface area contributed by atoms with Gasteiger partial charge in [-0.05, 0) is 81.6 Å². The molecule has 5 unspecified atom stereocenters. The number of hydrogen-bond donors (Lipinski definition) is 2. The van der Waals surface area contributed by atoms with E-state index in [1.54, 1.807) is 0 Å². The minimum absolute atomic E-state index is 0.0692. The topological polar surface area (TPSA) is 83.2 Å². The lowest BCUT2D eigenvalue weighted by Gasteiger charge is -2.46. The summed E-state index contributed by atoms with van der Waals surface area (Å²) in [5.74, 6) is 0. The van der Waals surface area contributed by atoms with Gasteiger partial charge in [-0.2, -0.15) is 0 Å². The molecule has 5 atom stereocenters. The van der Waals surface area contributed by atoms with E-state index in [-0.39, 0.29) is 19.8 Å². The molecule has 0 fully saturated rings. The highest BCUT2D eigenvalue weighted by Gasteiger charge is 2.51. The van der Waals surface area contributed by atoms with Crippen LogP contribution in [0.2, 0.25) is 5.02 Å². The number of rotatable bonds is 17. The molecule has 6 nitrogen and oxygen atoms in total. The molecule has 0 amide bonds. The summed E-state index contributed by atoms with van der Waals surface area (Å²) in [6, 6.07) is 54.1. The second kappa shape index (κ2) is 19.2. The second-order valence-electron chi connectivity index (χ2n) is 15.2. The smallest absolute Gasteiger partial charge is 0.135 e. The molecule has 58 heavy (non-hydrogen) atoms. The van der Waals surface area contributed by atoms with Crippen LogP contribution in [0.5, 0.6) is 0 Å². The molecule has 298 valence electrons. The lowest BCUT2D eigenvalue weighted by atomic mass is 9.76. The van der Waals surface area contributed by atoms with Gasteiger partial charge in [-0.1, -0.05) is 170 Å². The molecule has 0 aliphatic heterocycles. The van der Waals surface area contributed by atoms with Gasteiger partial charge in [-0.15, -0.1) is 0 Å². The number of aryl methyl sites for hydroxylation is 1. The summed E-state index contributed by atoms with van der Waals surface area (Å²) in [5.41, 5.74) is 12.9. The summed E-state index contributed by atoms with van der Waals surface area (Å²) in [5, 5.41) is 13.6. The van der Waals surface area contributed by atoms with Crippen molar-refractivity contribution in [3.05, 3.63) is 219 Å². The average Bonchev–Trinajstić information content (AvgIpc) is 3.26. The molecule has 3 N–H and O–H groups in total. The summed E-state index contributed by atoms with van der Waals surface area (Å²) < 4.78 is 27.1. The molecule has 7 rings (SSSR count). The van der Waals surface area contributed by atoms with Crippen LogP contribution in [0.1, 0.15) is 58.4 Å². The van der Waals surface area contributed by atoms with Crippen molar-refractivity contribution in [3.63, 3.8) is 0 Å². The number of ether oxygens (including phenoxy) is 4. The molecule has 0 bridgehead atoms. The van der Waals surface area contributed by atoms with Gasteiger partial charge in [0.2, 0.25) is 0 Å². The van der Waals surface area contributed by atoms with Crippen LogP contribution >= 0.6 is 11.6 Å². The van der Waals surface area contributed by atoms with Crippen molar-refractivity contribution >= 4 is 17.2 Å². The van der Waals surface area contributed by atoms with Crippen LogP contribution in [-0.4, -0.2) is 35.6 Å². The molecule has 0 heterocycles. The molecular weight excluding hydrogens is 742 g/mol. The minimum atomic E-state index is -1.66. The first-order chi connectivity index (χ1) is 28.2. The molecule has 0 aromatic heterocycles. The van der Waals surface area contributed by atoms with E-state index in [1.807, 2.05) is 153 Å². The fourth-order valence-electron chi connectivity index (χ4n) is 7.56. The van der Waals surface area contributed by atoms with E-state index < -0.39 is 29.5 Å². The van der Waals surface area contributed by atoms with Crippen LogP contribution in [0.3, 0.4) is 0 Å². The van der Waals surface area contributed by atoms with E-state index in [9.17, 15) is 5.11 Å². The van der Waals surface area contributed by atoms with E-state index >= 15 is 0 Å². The van der Waals surface area contributed by atoms with Crippen LogP contribution in [0.25, 0.3) is 5.57 Å². The number of hydrogen-bond acceptors (Lipinski definition) is 6. The zero-order valence-electron chi connectivity index (χ0n) is 33.2. The van der Waals surface area contributed by atoms with Gasteiger partial charge in [0, 0.05) is 5.02 Å². The van der Waals surface area contributed by atoms with E-state index in [4.69, 9.17) is 36.3 Å². The van der Waals surface area contributed by atoms with Crippen molar-refractivity contribution in [2.45, 2.75) is 76.1 Å². The fraction of sp³-hybridized carbons (Fsp3) is 0.255. The van der Waals surface area contributed by atoms with E-state index in [1.165, 1.54) is 5.56 Å². The maximum absolute atomic E-state index is 13.1. The monoisotopic (exact) mass is 793 g/mol. The SMILES string of the molecule is CCc1ccc(C(C)(N)c2cc(C3=CC(O)(COCc4ccccc4)C(OCc4ccccc4)C(OCc4ccccc4)C3OCc3ccccc3)ccc2Cl)cc1. The van der Waals surface area contributed by atoms with Gasteiger partial charge in [-0.25, -0.2) is 0 Å². The van der Waals surface area contributed by atoms with Gasteiger partial charge in [0.1, 0.15) is 23.9 Å². The van der Waals surface area contributed by atoms with Crippen molar-refractivity contribution in [1.82, 2.24) is 0 Å². The molecule has 6 aromatic rings. The largest absolute Gasteiger partial charge is 0.380 e. The normalized spacial score (nSPS) is 20.3. The zero-order chi connectivity index (χ0) is 40.4. The predicted molar refractivity (Wildman–Crippen MR) is 232 cm³/mol. The summed E-state index contributed by atoms with van der Waals surface area (Å²) >= 11 is 7.01. The quantitative estimate of drug-likeness (QED) is 0.0957. The Bertz CT molecular complexity index is 2210. The van der Waals surface area contributed by atoms with Crippen molar-refractivity contribution < 1.29 is 24.1 Å². The third kappa shape index (κ3) is 10.0. The van der Waals surface area contributed by atoms with Gasteiger partial charge in [0.05, 0.1) is 38.6 Å². The lowest BCUT2D eigenvalue weighted by Crippen LogP contribution is -2.60. The van der Waals surface area contributed by atoms with Crippen molar-refractivity contribution in [1.29, 1.82) is 0 Å². The molecule has 1 aliphatic rings. The summed E-state index contributed by atoms with van der Waals surface area (Å²) in [6.07, 6.45) is 0.393. The highest BCUT2D eigenvalue weighted by atomic mass is 35.5. The summed E-state index contributed by atoms with van der Waals surface area (Å²) in [4.78, 5) is 0. The molecule has 1 aliphatic carbocycles. The first-order valence-electron chi connectivity index (χ1n) is 20.0. The minimum Gasteiger partial charge on any atom is -0.380 e. The van der Waals surface area contributed by atoms with Gasteiger partial charge in [0.15, 0.2) is 0 Å². The van der Waals surface area contributed by atoms with Crippen molar-refractivity contribution in [2.75, 3.05) is 6.61 Å². The Balaban J connectivity index is 1.35.